The Morgan fingerprint density at radius 3 is 1.00 bits per heavy atom. The molecule has 0 atom stereocenters. The van der Waals surface area contributed by atoms with E-state index in [0.717, 1.165) is 29.4 Å². The monoisotopic (exact) mass is 1580 g/mol. The van der Waals surface area contributed by atoms with E-state index in [0.29, 0.717) is 45.3 Å². The highest BCUT2D eigenvalue weighted by Gasteiger charge is 2.64. The molecule has 32 heteroatoms. The number of aromatic nitrogens is 8. The van der Waals surface area contributed by atoms with Crippen LogP contribution in [0.15, 0.2) is 156 Å². The minimum Gasteiger partial charge on any atom is -0.505 e. The van der Waals surface area contributed by atoms with Crippen LogP contribution in [0.2, 0.25) is 0 Å². The molecule has 25 nitrogen and oxygen atoms in total. The molecule has 0 aliphatic carbocycles. The van der Waals surface area contributed by atoms with Gasteiger partial charge in [-0.1, -0.05) is 48.5 Å². The molecule has 0 radical (unpaired) electrons. The van der Waals surface area contributed by atoms with Crippen LogP contribution in [0.1, 0.15) is 125 Å². The second kappa shape index (κ2) is 34.5. The molecule has 0 bridgehead atoms. The smallest absolute Gasteiger partial charge is 0.498 e. The van der Waals surface area contributed by atoms with Gasteiger partial charge >= 0.3 is 52.1 Å². The Labute approximate surface area is 601 Å². The first-order valence-electron chi connectivity index (χ1n) is 30.1. The molecule has 7 heterocycles. The largest absolute Gasteiger partial charge is 0.505 e. The SMILES string of the molecule is Brc1cnc(I)nc1.CC1(C)OB(B2OC(C)(C)C(C)(C)O2)OC1(C)C.COC(=O)c1cccc(-c2ncc(B3OC(C)(C)C(C)(C)O3)cn2)c1.COC(=O)c1cccc(-c2ncc(Br)cn2)c1.COC(=O)c1cccc(-c2ncc(O)cn2)c1.COC(=O)c1cccc(B(O)O)c1. The first-order valence-corrected chi connectivity index (χ1v) is 32.7. The van der Waals surface area contributed by atoms with Gasteiger partial charge in [-0.3, -0.25) is 0 Å². The highest BCUT2D eigenvalue weighted by molar-refractivity contribution is 14.1. The summed E-state index contributed by atoms with van der Waals surface area (Å²) in [6.45, 7) is 24.2. The lowest BCUT2D eigenvalue weighted by Gasteiger charge is -2.32. The summed E-state index contributed by atoms with van der Waals surface area (Å²) < 4.78 is 56.8. The zero-order valence-corrected chi connectivity index (χ0v) is 62.3. The van der Waals surface area contributed by atoms with Gasteiger partial charge in [0.25, 0.3) is 0 Å². The van der Waals surface area contributed by atoms with Crippen LogP contribution in [0.5, 0.6) is 5.75 Å². The van der Waals surface area contributed by atoms with E-state index in [9.17, 15) is 19.2 Å². The number of esters is 4. The molecule has 3 aliphatic heterocycles. The number of benzene rings is 4. The van der Waals surface area contributed by atoms with Crippen LogP contribution < -0.4 is 10.9 Å². The number of carbonyl (C=O) groups is 4. The van der Waals surface area contributed by atoms with E-state index >= 15 is 0 Å². The van der Waals surface area contributed by atoms with E-state index in [4.69, 9.17) is 47.8 Å². The summed E-state index contributed by atoms with van der Waals surface area (Å²) in [7, 11) is 2.28. The summed E-state index contributed by atoms with van der Waals surface area (Å²) >= 11 is 8.54. The van der Waals surface area contributed by atoms with Crippen LogP contribution >= 0.6 is 54.5 Å². The van der Waals surface area contributed by atoms with Gasteiger partial charge < -0.3 is 62.0 Å². The van der Waals surface area contributed by atoms with Gasteiger partial charge in [0.05, 0.1) is 106 Å². The normalized spacial score (nSPS) is 16.0. The third-order valence-electron chi connectivity index (χ3n) is 16.0. The second-order valence-electron chi connectivity index (χ2n) is 24.5. The van der Waals surface area contributed by atoms with Crippen molar-refractivity contribution in [2.24, 2.45) is 0 Å². The second-order valence-corrected chi connectivity index (χ2v) is 27.3. The van der Waals surface area contributed by atoms with E-state index in [1.54, 1.807) is 104 Å². The van der Waals surface area contributed by atoms with E-state index in [1.165, 1.54) is 59.0 Å². The highest BCUT2D eigenvalue weighted by atomic mass is 127. The van der Waals surface area contributed by atoms with Crippen molar-refractivity contribution in [3.05, 3.63) is 182 Å². The molecular weight excluding hydrogens is 1510 g/mol. The number of carbonyl (C=O) groups excluding carboxylic acids is 4. The van der Waals surface area contributed by atoms with E-state index < -0.39 is 57.4 Å². The molecule has 3 saturated heterocycles. The number of halogens is 3. The summed E-state index contributed by atoms with van der Waals surface area (Å²) in [4.78, 5) is 78.2. The summed E-state index contributed by atoms with van der Waals surface area (Å²) in [5.41, 5.74) is 2.64. The quantitative estimate of drug-likeness (QED) is 0.0377. The van der Waals surface area contributed by atoms with Crippen LogP contribution in [0.25, 0.3) is 34.2 Å². The van der Waals surface area contributed by atoms with Gasteiger partial charge in [-0.2, -0.15) is 0 Å². The van der Waals surface area contributed by atoms with Gasteiger partial charge in [0.2, 0.25) is 0 Å². The van der Waals surface area contributed by atoms with E-state index in [2.05, 4.69) is 109 Å². The Morgan fingerprint density at radius 1 is 0.418 bits per heavy atom. The molecule has 3 aliphatic rings. The third-order valence-corrected chi connectivity index (χ3v) is 17.4. The molecule has 514 valence electrons. The predicted octanol–water partition coefficient (Wildman–Crippen LogP) is 9.80. The predicted molar refractivity (Wildman–Crippen MR) is 384 cm³/mol. The number of nitrogens with zero attached hydrogens (tertiary/aromatic N) is 8. The number of hydrogen-bond donors (Lipinski definition) is 3. The van der Waals surface area contributed by atoms with Gasteiger partial charge in [0.15, 0.2) is 27.1 Å². The molecular formula is C66H75B4Br2IN8O17. The van der Waals surface area contributed by atoms with Crippen LogP contribution in [-0.2, 0) is 46.9 Å². The molecule has 3 fully saturated rings. The van der Waals surface area contributed by atoms with Gasteiger partial charge in [-0.15, -0.1) is 0 Å². The molecule has 3 N–H and O–H groups in total. The number of aromatic hydroxyl groups is 1. The Morgan fingerprint density at radius 2 is 0.694 bits per heavy atom. The lowest BCUT2D eigenvalue weighted by molar-refractivity contribution is 0.00578. The molecule has 4 aromatic heterocycles. The molecule has 98 heavy (non-hydrogen) atoms. The fraction of sp³-hybridized carbons (Fsp3) is 0.333. The fourth-order valence-corrected chi connectivity index (χ4v) is 9.16. The maximum Gasteiger partial charge on any atom is 0.498 e. The number of ether oxygens (including phenoxy) is 4. The van der Waals surface area contributed by atoms with Crippen molar-refractivity contribution in [2.45, 2.75) is 117 Å². The van der Waals surface area contributed by atoms with Crippen molar-refractivity contribution >= 4 is 118 Å². The standard InChI is InChI=1S/C18H21BN2O4.C12H24B2O4.C12H9BrN2O2.C12H10N2O3.C8H9BO4.C4H2BrIN2/c1-17(2)18(3,4)25-19(24-17)14-10-20-15(21-11-14)12-7-6-8-13(9-12)16(22)23-5;1-9(2)10(3,4)16-13(15-9)14-17-11(5,6)12(7,8)18-14;1-17-12(16)9-4-2-3-8(5-9)11-14-6-10(13)7-15-11;1-17-12(16)9-4-2-3-8(5-9)11-13-6-10(15)7-14-11;1-13-8(10)6-3-2-4-7(5-6)9(11)12;5-3-1-7-4(6)8-2-3/h6-11H,1-5H3;1-8H3;2-7H,1H3;2-7,15H,1H3;2-5,11-12H,1H3;1-2H. The van der Waals surface area contributed by atoms with E-state index in [1.807, 2.05) is 95.2 Å². The average molecular weight is 1580 g/mol. The Kier molecular flexibility index (Phi) is 28.0. The zero-order valence-electron chi connectivity index (χ0n) is 56.9. The molecule has 0 amide bonds. The fourth-order valence-electron chi connectivity index (χ4n) is 8.47. The van der Waals surface area contributed by atoms with E-state index in [-0.39, 0.29) is 39.6 Å². The lowest BCUT2D eigenvalue weighted by Crippen LogP contribution is -2.41. The van der Waals surface area contributed by atoms with Crippen molar-refractivity contribution < 1.29 is 81.2 Å². The van der Waals surface area contributed by atoms with Crippen molar-refractivity contribution in [1.82, 2.24) is 39.9 Å². The van der Waals surface area contributed by atoms with Crippen LogP contribution in [0.3, 0.4) is 0 Å². The van der Waals surface area contributed by atoms with Crippen molar-refractivity contribution in [3.8, 4) is 39.9 Å². The topological polar surface area (TPSA) is 324 Å². The third kappa shape index (κ3) is 21.5. The first-order chi connectivity index (χ1) is 46.0. The van der Waals surface area contributed by atoms with Crippen LogP contribution in [0.4, 0.5) is 0 Å². The molecule has 8 aromatic rings. The van der Waals surface area contributed by atoms with Crippen LogP contribution in [-0.4, -0.2) is 169 Å². The lowest BCUT2D eigenvalue weighted by atomic mass is 9.49. The molecule has 0 saturated carbocycles. The Balaban J connectivity index is 0.000000190. The summed E-state index contributed by atoms with van der Waals surface area (Å²) in [6, 6.07) is 26.8. The summed E-state index contributed by atoms with van der Waals surface area (Å²) in [5.74, 6) is -0.149. The minimum atomic E-state index is -1.57. The molecule has 4 aromatic carbocycles. The summed E-state index contributed by atoms with van der Waals surface area (Å²) in [5, 5.41) is 26.7. The number of rotatable bonds is 10. The Hall–Kier alpha value is -7.49. The highest BCUT2D eigenvalue weighted by Crippen LogP contribution is 2.43. The first kappa shape index (κ1) is 79.5. The summed E-state index contributed by atoms with van der Waals surface area (Å²) in [6.07, 6.45) is 12.7. The molecule has 0 unspecified atom stereocenters. The minimum absolute atomic E-state index is 0.00197. The van der Waals surface area contributed by atoms with Gasteiger partial charge in [-0.25, -0.2) is 59.0 Å². The van der Waals surface area contributed by atoms with Gasteiger partial charge in [-0.05, 0) is 169 Å². The van der Waals surface area contributed by atoms with Crippen molar-refractivity contribution in [1.29, 1.82) is 0 Å². The van der Waals surface area contributed by atoms with Crippen molar-refractivity contribution in [3.63, 3.8) is 0 Å². The van der Waals surface area contributed by atoms with Gasteiger partial charge in [0.1, 0.15) is 0 Å². The molecule has 11 rings (SSSR count). The zero-order chi connectivity index (χ0) is 72.6. The van der Waals surface area contributed by atoms with Crippen molar-refractivity contribution in [2.75, 3.05) is 28.4 Å². The maximum absolute atomic E-state index is 11.7. The number of methoxy groups -OCH3 is 4. The molecule has 0 spiro atoms. The average Bonchev–Trinajstić information content (AvgIpc) is 1.60. The maximum atomic E-state index is 11.7. The number of hydrogen-bond acceptors (Lipinski definition) is 25. The van der Waals surface area contributed by atoms with Crippen LogP contribution in [0, 0.1) is 3.83 Å². The Bertz CT molecular complexity index is 3800. The van der Waals surface area contributed by atoms with Gasteiger partial charge in [0, 0.05) is 81.9 Å².